The quantitative estimate of drug-likeness (QED) is 0.821. The number of hydrogen-bond donors (Lipinski definition) is 1. The van der Waals surface area contributed by atoms with E-state index in [2.05, 4.69) is 4.72 Å². The van der Waals surface area contributed by atoms with Gasteiger partial charge in [-0.2, -0.15) is 0 Å². The summed E-state index contributed by atoms with van der Waals surface area (Å²) in [6, 6.07) is 13.8. The van der Waals surface area contributed by atoms with Crippen molar-refractivity contribution in [1.82, 2.24) is 9.62 Å². The number of rotatable bonds is 7. The summed E-state index contributed by atoms with van der Waals surface area (Å²) in [7, 11) is -3.87. The van der Waals surface area contributed by atoms with Crippen LogP contribution in [0.3, 0.4) is 0 Å². The van der Waals surface area contributed by atoms with Gasteiger partial charge in [0, 0.05) is 12.6 Å². The first-order chi connectivity index (χ1) is 11.8. The van der Waals surface area contributed by atoms with Crippen LogP contribution in [0.5, 0.6) is 0 Å². The van der Waals surface area contributed by atoms with Gasteiger partial charge in [-0.3, -0.25) is 4.79 Å². The van der Waals surface area contributed by atoms with Crippen molar-refractivity contribution in [2.24, 2.45) is 0 Å². The Bertz CT molecular complexity index is 806. The zero-order valence-corrected chi connectivity index (χ0v) is 15.0. The molecule has 25 heavy (non-hydrogen) atoms. The third-order valence-corrected chi connectivity index (χ3v) is 5.09. The van der Waals surface area contributed by atoms with Gasteiger partial charge in [-0.1, -0.05) is 30.3 Å². The summed E-state index contributed by atoms with van der Waals surface area (Å²) < 4.78 is 39.6. The number of nitrogens with one attached hydrogen (secondary N) is 1. The van der Waals surface area contributed by atoms with Crippen LogP contribution in [0.4, 0.5) is 4.39 Å². The van der Waals surface area contributed by atoms with Gasteiger partial charge in [0.05, 0.1) is 11.4 Å². The molecule has 134 valence electrons. The number of amides is 1. The molecule has 0 atom stereocenters. The van der Waals surface area contributed by atoms with E-state index in [0.717, 1.165) is 29.8 Å². The fraction of sp³-hybridized carbons (Fsp3) is 0.278. The summed E-state index contributed by atoms with van der Waals surface area (Å²) in [6.45, 7) is 3.78. The first-order valence-corrected chi connectivity index (χ1v) is 9.36. The summed E-state index contributed by atoms with van der Waals surface area (Å²) in [5.41, 5.74) is 0.964. The van der Waals surface area contributed by atoms with Gasteiger partial charge in [0.25, 0.3) is 0 Å². The van der Waals surface area contributed by atoms with Crippen LogP contribution in [0, 0.1) is 5.82 Å². The number of carbonyl (C=O) groups is 1. The number of carbonyl (C=O) groups excluding carboxylic acids is 1. The lowest BCUT2D eigenvalue weighted by atomic mass is 10.2. The van der Waals surface area contributed by atoms with Crippen molar-refractivity contribution in [2.45, 2.75) is 31.3 Å². The molecule has 1 N–H and O–H groups in total. The van der Waals surface area contributed by atoms with Crippen LogP contribution in [0.2, 0.25) is 0 Å². The third kappa shape index (κ3) is 5.37. The number of halogens is 1. The fourth-order valence-electron chi connectivity index (χ4n) is 2.29. The molecule has 0 aliphatic heterocycles. The SMILES string of the molecule is CC(C)N(Cc1ccccc1)C(=O)CNS(=O)(=O)c1ccc(F)cc1. The van der Waals surface area contributed by atoms with Crippen LogP contribution in [-0.4, -0.2) is 31.8 Å². The van der Waals surface area contributed by atoms with Crippen LogP contribution in [-0.2, 0) is 21.4 Å². The highest BCUT2D eigenvalue weighted by Crippen LogP contribution is 2.11. The van der Waals surface area contributed by atoms with Crippen molar-refractivity contribution in [2.75, 3.05) is 6.54 Å². The molecule has 0 heterocycles. The van der Waals surface area contributed by atoms with Crippen LogP contribution in [0.25, 0.3) is 0 Å². The van der Waals surface area contributed by atoms with E-state index in [0.29, 0.717) is 6.54 Å². The monoisotopic (exact) mass is 364 g/mol. The zero-order chi connectivity index (χ0) is 18.4. The minimum atomic E-state index is -3.87. The molecule has 0 fully saturated rings. The molecular formula is C18H21FN2O3S. The van der Waals surface area contributed by atoms with E-state index in [1.54, 1.807) is 4.90 Å². The van der Waals surface area contributed by atoms with Crippen LogP contribution in [0.1, 0.15) is 19.4 Å². The molecule has 2 aromatic rings. The first-order valence-electron chi connectivity index (χ1n) is 7.88. The minimum Gasteiger partial charge on any atom is -0.335 e. The van der Waals surface area contributed by atoms with Crippen molar-refractivity contribution >= 4 is 15.9 Å². The van der Waals surface area contributed by atoms with Gasteiger partial charge >= 0.3 is 0 Å². The predicted molar refractivity (Wildman–Crippen MR) is 93.7 cm³/mol. The molecule has 0 aromatic heterocycles. The molecule has 2 aromatic carbocycles. The van der Waals surface area contributed by atoms with Crippen molar-refractivity contribution in [3.8, 4) is 0 Å². The Morgan fingerprint density at radius 3 is 2.24 bits per heavy atom. The largest absolute Gasteiger partial charge is 0.335 e. The molecule has 0 saturated heterocycles. The fourth-order valence-corrected chi connectivity index (χ4v) is 3.27. The second-order valence-electron chi connectivity index (χ2n) is 5.88. The van der Waals surface area contributed by atoms with Crippen molar-refractivity contribution in [1.29, 1.82) is 0 Å². The van der Waals surface area contributed by atoms with Gasteiger partial charge < -0.3 is 4.90 Å². The van der Waals surface area contributed by atoms with Crippen LogP contribution < -0.4 is 4.72 Å². The molecule has 1 amide bonds. The lowest BCUT2D eigenvalue weighted by Crippen LogP contribution is -2.43. The van der Waals surface area contributed by atoms with E-state index in [9.17, 15) is 17.6 Å². The predicted octanol–water partition coefficient (Wildman–Crippen LogP) is 2.54. The van der Waals surface area contributed by atoms with Crippen molar-refractivity contribution < 1.29 is 17.6 Å². The highest BCUT2D eigenvalue weighted by molar-refractivity contribution is 7.89. The van der Waals surface area contributed by atoms with E-state index in [-0.39, 0.29) is 23.4 Å². The van der Waals surface area contributed by atoms with E-state index >= 15 is 0 Å². The molecule has 0 saturated carbocycles. The molecule has 0 unspecified atom stereocenters. The Labute approximate surface area is 147 Å². The Morgan fingerprint density at radius 2 is 1.68 bits per heavy atom. The average molecular weight is 364 g/mol. The van der Waals surface area contributed by atoms with E-state index in [4.69, 9.17) is 0 Å². The summed E-state index contributed by atoms with van der Waals surface area (Å²) in [6.07, 6.45) is 0. The Hall–Kier alpha value is -2.25. The maximum absolute atomic E-state index is 12.9. The molecule has 0 bridgehead atoms. The highest BCUT2D eigenvalue weighted by atomic mass is 32.2. The van der Waals surface area contributed by atoms with Crippen molar-refractivity contribution in [3.63, 3.8) is 0 Å². The second-order valence-corrected chi connectivity index (χ2v) is 7.65. The van der Waals surface area contributed by atoms with E-state index in [1.807, 2.05) is 44.2 Å². The maximum Gasteiger partial charge on any atom is 0.241 e. The molecular weight excluding hydrogens is 343 g/mol. The molecule has 0 radical (unpaired) electrons. The van der Waals surface area contributed by atoms with Crippen LogP contribution >= 0.6 is 0 Å². The average Bonchev–Trinajstić information content (AvgIpc) is 2.59. The Balaban J connectivity index is 2.04. The summed E-state index contributed by atoms with van der Waals surface area (Å²) in [5, 5.41) is 0. The molecule has 0 spiro atoms. The molecule has 0 aliphatic carbocycles. The molecule has 0 aliphatic rings. The zero-order valence-electron chi connectivity index (χ0n) is 14.1. The Kier molecular flexibility index (Phi) is 6.27. The Morgan fingerprint density at radius 1 is 1.08 bits per heavy atom. The second kappa shape index (κ2) is 8.22. The van der Waals surface area contributed by atoms with Gasteiger partial charge in [0.15, 0.2) is 0 Å². The van der Waals surface area contributed by atoms with Crippen LogP contribution in [0.15, 0.2) is 59.5 Å². The van der Waals surface area contributed by atoms with Gasteiger partial charge in [-0.15, -0.1) is 0 Å². The van der Waals surface area contributed by atoms with E-state index in [1.165, 1.54) is 0 Å². The van der Waals surface area contributed by atoms with Gasteiger partial charge in [-0.25, -0.2) is 17.5 Å². The molecule has 7 heteroatoms. The molecule has 2 rings (SSSR count). The van der Waals surface area contributed by atoms with Crippen molar-refractivity contribution in [3.05, 3.63) is 66.0 Å². The highest BCUT2D eigenvalue weighted by Gasteiger charge is 2.21. The smallest absolute Gasteiger partial charge is 0.241 e. The third-order valence-electron chi connectivity index (χ3n) is 3.68. The summed E-state index contributed by atoms with van der Waals surface area (Å²) >= 11 is 0. The van der Waals surface area contributed by atoms with E-state index < -0.39 is 15.8 Å². The summed E-state index contributed by atoms with van der Waals surface area (Å²) in [4.78, 5) is 14.0. The van der Waals surface area contributed by atoms with Gasteiger partial charge in [0.2, 0.25) is 15.9 Å². The minimum absolute atomic E-state index is 0.0805. The lowest BCUT2D eigenvalue weighted by molar-refractivity contribution is -0.132. The standard InChI is InChI=1S/C18H21FN2O3S/c1-14(2)21(13-15-6-4-3-5-7-15)18(22)12-20-25(23,24)17-10-8-16(19)9-11-17/h3-11,14,20H,12-13H2,1-2H3. The van der Waals surface area contributed by atoms with Gasteiger partial charge in [0.1, 0.15) is 5.82 Å². The lowest BCUT2D eigenvalue weighted by Gasteiger charge is -2.27. The number of nitrogens with zero attached hydrogens (tertiary/aromatic N) is 1. The molecule has 5 nitrogen and oxygen atoms in total. The van der Waals surface area contributed by atoms with Gasteiger partial charge in [-0.05, 0) is 43.7 Å². The normalized spacial score (nSPS) is 11.5. The first kappa shape index (κ1) is 19.1. The summed E-state index contributed by atoms with van der Waals surface area (Å²) in [5.74, 6) is -0.853. The maximum atomic E-state index is 12.9. The number of benzene rings is 2. The number of hydrogen-bond acceptors (Lipinski definition) is 3. The topological polar surface area (TPSA) is 66.5 Å². The number of sulfonamides is 1.